The molecule has 4 N–H and O–H groups in total. The molecule has 0 aromatic heterocycles. The van der Waals surface area contributed by atoms with Gasteiger partial charge in [0.25, 0.3) is 0 Å². The van der Waals surface area contributed by atoms with E-state index in [1.807, 2.05) is 0 Å². The van der Waals surface area contributed by atoms with Gasteiger partial charge in [-0.3, -0.25) is 0 Å². The van der Waals surface area contributed by atoms with Crippen LogP contribution in [0.2, 0.25) is 0 Å². The highest BCUT2D eigenvalue weighted by Gasteiger charge is 2.33. The van der Waals surface area contributed by atoms with Gasteiger partial charge in [0.05, 0.1) is 6.04 Å². The highest BCUT2D eigenvalue weighted by molar-refractivity contribution is 5.65. The maximum Gasteiger partial charge on any atom is 0.404 e. The first kappa shape index (κ1) is 8.26. The quantitative estimate of drug-likeness (QED) is 0.511. The normalized spacial score (nSPS) is 37.1. The monoisotopic (exact) mass is 162 g/mol. The second-order valence-corrected chi connectivity index (χ2v) is 2.80. The SMILES string of the molecule is NC1CC(F)C(NC(=O)O)C1. The van der Waals surface area contributed by atoms with Crippen LogP contribution in [0.3, 0.4) is 0 Å². The molecule has 0 bridgehead atoms. The zero-order chi connectivity index (χ0) is 8.43. The fraction of sp³-hybridized carbons (Fsp3) is 0.833. The number of nitrogens with one attached hydrogen (secondary N) is 1. The van der Waals surface area contributed by atoms with E-state index in [4.69, 9.17) is 10.8 Å². The highest BCUT2D eigenvalue weighted by Crippen LogP contribution is 2.20. The van der Waals surface area contributed by atoms with E-state index in [2.05, 4.69) is 5.32 Å². The van der Waals surface area contributed by atoms with Crippen molar-refractivity contribution in [2.45, 2.75) is 31.1 Å². The molecule has 4 nitrogen and oxygen atoms in total. The third-order valence-electron chi connectivity index (χ3n) is 1.83. The number of nitrogens with two attached hydrogens (primary N) is 1. The zero-order valence-electron chi connectivity index (χ0n) is 5.96. The van der Waals surface area contributed by atoms with E-state index in [1.54, 1.807) is 0 Å². The molecular formula is C6H11FN2O2. The van der Waals surface area contributed by atoms with Crippen LogP contribution in [0.15, 0.2) is 0 Å². The van der Waals surface area contributed by atoms with Crippen molar-refractivity contribution in [3.8, 4) is 0 Å². The van der Waals surface area contributed by atoms with Crippen LogP contribution in [0.1, 0.15) is 12.8 Å². The smallest absolute Gasteiger partial charge is 0.404 e. The van der Waals surface area contributed by atoms with Crippen molar-refractivity contribution in [1.82, 2.24) is 5.32 Å². The topological polar surface area (TPSA) is 75.3 Å². The molecule has 0 aromatic rings. The summed E-state index contributed by atoms with van der Waals surface area (Å²) in [6.07, 6.45) is -1.66. The van der Waals surface area contributed by atoms with Crippen LogP contribution in [0.4, 0.5) is 9.18 Å². The Balaban J connectivity index is 2.40. The Labute approximate surface area is 63.6 Å². The number of hydrogen-bond acceptors (Lipinski definition) is 2. The van der Waals surface area contributed by atoms with Crippen LogP contribution in [0.5, 0.6) is 0 Å². The number of alkyl halides is 1. The van der Waals surface area contributed by atoms with Crippen molar-refractivity contribution in [3.63, 3.8) is 0 Å². The van der Waals surface area contributed by atoms with E-state index in [0.717, 1.165) is 0 Å². The van der Waals surface area contributed by atoms with E-state index >= 15 is 0 Å². The summed E-state index contributed by atoms with van der Waals surface area (Å²) in [5.74, 6) is 0. The molecule has 0 heterocycles. The zero-order valence-corrected chi connectivity index (χ0v) is 5.96. The molecule has 0 aliphatic heterocycles. The molecule has 1 aliphatic rings. The van der Waals surface area contributed by atoms with Crippen molar-refractivity contribution in [3.05, 3.63) is 0 Å². The minimum Gasteiger partial charge on any atom is -0.465 e. The Morgan fingerprint density at radius 3 is 2.64 bits per heavy atom. The minimum atomic E-state index is -1.19. The lowest BCUT2D eigenvalue weighted by molar-refractivity contribution is 0.181. The molecule has 1 amide bonds. The molecule has 64 valence electrons. The number of halogens is 1. The molecule has 1 fully saturated rings. The molecule has 0 radical (unpaired) electrons. The molecule has 3 atom stereocenters. The maximum atomic E-state index is 12.8. The Morgan fingerprint density at radius 2 is 2.27 bits per heavy atom. The van der Waals surface area contributed by atoms with E-state index in [1.165, 1.54) is 0 Å². The second-order valence-electron chi connectivity index (χ2n) is 2.80. The van der Waals surface area contributed by atoms with E-state index < -0.39 is 18.3 Å². The van der Waals surface area contributed by atoms with Crippen LogP contribution >= 0.6 is 0 Å². The molecule has 0 aromatic carbocycles. The maximum absolute atomic E-state index is 12.8. The van der Waals surface area contributed by atoms with Crippen molar-refractivity contribution < 1.29 is 14.3 Å². The molecule has 0 saturated heterocycles. The molecule has 1 rings (SSSR count). The predicted octanol–water partition coefficient (Wildman–Crippen LogP) is 0.0818. The fourth-order valence-corrected chi connectivity index (χ4v) is 1.33. The van der Waals surface area contributed by atoms with Crippen LogP contribution < -0.4 is 11.1 Å². The lowest BCUT2D eigenvalue weighted by atomic mass is 10.2. The first-order valence-electron chi connectivity index (χ1n) is 3.48. The molecule has 1 aliphatic carbocycles. The van der Waals surface area contributed by atoms with Gasteiger partial charge in [-0.25, -0.2) is 9.18 Å². The van der Waals surface area contributed by atoms with Crippen molar-refractivity contribution >= 4 is 6.09 Å². The summed E-state index contributed by atoms with van der Waals surface area (Å²) in [6.45, 7) is 0. The summed E-state index contributed by atoms with van der Waals surface area (Å²) in [5.41, 5.74) is 5.42. The molecule has 5 heteroatoms. The van der Waals surface area contributed by atoms with Gasteiger partial charge in [-0.05, 0) is 12.8 Å². The van der Waals surface area contributed by atoms with Gasteiger partial charge in [-0.15, -0.1) is 0 Å². The second kappa shape index (κ2) is 3.04. The van der Waals surface area contributed by atoms with Gasteiger partial charge in [-0.2, -0.15) is 0 Å². The number of carbonyl (C=O) groups is 1. The van der Waals surface area contributed by atoms with Crippen LogP contribution in [-0.4, -0.2) is 29.5 Å². The molecule has 11 heavy (non-hydrogen) atoms. The third kappa shape index (κ3) is 2.04. The Hall–Kier alpha value is -0.840. The molecule has 3 unspecified atom stereocenters. The van der Waals surface area contributed by atoms with Crippen LogP contribution in [0.25, 0.3) is 0 Å². The van der Waals surface area contributed by atoms with Gasteiger partial charge in [0.2, 0.25) is 0 Å². The van der Waals surface area contributed by atoms with Crippen molar-refractivity contribution in [1.29, 1.82) is 0 Å². The Bertz CT molecular complexity index is 165. The predicted molar refractivity (Wildman–Crippen MR) is 37.1 cm³/mol. The van der Waals surface area contributed by atoms with Crippen molar-refractivity contribution in [2.75, 3.05) is 0 Å². The number of amides is 1. The average molecular weight is 162 g/mol. The lowest BCUT2D eigenvalue weighted by Gasteiger charge is -2.10. The first-order valence-corrected chi connectivity index (χ1v) is 3.48. The summed E-state index contributed by atoms with van der Waals surface area (Å²) >= 11 is 0. The summed E-state index contributed by atoms with van der Waals surface area (Å²) < 4.78 is 12.8. The van der Waals surface area contributed by atoms with E-state index in [-0.39, 0.29) is 12.5 Å². The summed E-state index contributed by atoms with van der Waals surface area (Å²) in [4.78, 5) is 10.1. The van der Waals surface area contributed by atoms with Crippen LogP contribution in [-0.2, 0) is 0 Å². The van der Waals surface area contributed by atoms with E-state index in [9.17, 15) is 9.18 Å². The third-order valence-corrected chi connectivity index (χ3v) is 1.83. The molecule has 0 spiro atoms. The van der Waals surface area contributed by atoms with Crippen molar-refractivity contribution in [2.24, 2.45) is 5.73 Å². The minimum absolute atomic E-state index is 0.207. The number of carboxylic acid groups (broad SMARTS) is 1. The van der Waals surface area contributed by atoms with Gasteiger partial charge in [0.1, 0.15) is 6.17 Å². The number of hydrogen-bond donors (Lipinski definition) is 3. The van der Waals surface area contributed by atoms with Gasteiger partial charge < -0.3 is 16.2 Å². The van der Waals surface area contributed by atoms with Crippen LogP contribution in [0, 0.1) is 0 Å². The summed E-state index contributed by atoms with van der Waals surface area (Å²) in [6, 6.07) is -0.815. The number of rotatable bonds is 1. The summed E-state index contributed by atoms with van der Waals surface area (Å²) in [5, 5.41) is 10.3. The molecule has 1 saturated carbocycles. The van der Waals surface area contributed by atoms with Gasteiger partial charge >= 0.3 is 6.09 Å². The standard InChI is InChI=1S/C6H11FN2O2/c7-4-1-3(8)2-5(4)9-6(10)11/h3-5,9H,1-2,8H2,(H,10,11). The lowest BCUT2D eigenvalue weighted by Crippen LogP contribution is -2.37. The highest BCUT2D eigenvalue weighted by atomic mass is 19.1. The Kier molecular flexibility index (Phi) is 2.28. The Morgan fingerprint density at radius 1 is 1.64 bits per heavy atom. The van der Waals surface area contributed by atoms with Gasteiger partial charge in [0, 0.05) is 6.04 Å². The summed E-state index contributed by atoms with van der Waals surface area (Å²) in [7, 11) is 0. The van der Waals surface area contributed by atoms with Gasteiger partial charge in [0.15, 0.2) is 0 Å². The van der Waals surface area contributed by atoms with Gasteiger partial charge in [-0.1, -0.05) is 0 Å². The first-order chi connectivity index (χ1) is 5.09. The average Bonchev–Trinajstić information content (AvgIpc) is 2.09. The molecular weight excluding hydrogens is 151 g/mol. The van der Waals surface area contributed by atoms with E-state index in [0.29, 0.717) is 6.42 Å². The largest absolute Gasteiger partial charge is 0.465 e. The fourth-order valence-electron chi connectivity index (χ4n) is 1.33.